The second kappa shape index (κ2) is 14.0. The summed E-state index contributed by atoms with van der Waals surface area (Å²) in [6.45, 7) is 2.23. The number of aryl methyl sites for hydroxylation is 1. The minimum Gasteiger partial charge on any atom is -0.461 e. The summed E-state index contributed by atoms with van der Waals surface area (Å²) in [5.41, 5.74) is 8.51. The number of carbonyl (C=O) groups is 2. The summed E-state index contributed by atoms with van der Waals surface area (Å²) in [4.78, 5) is 23.4. The first-order valence-corrected chi connectivity index (χ1v) is 12.3. The van der Waals surface area contributed by atoms with Gasteiger partial charge in [0, 0.05) is 6.42 Å². The molecule has 1 atom stereocenters. The van der Waals surface area contributed by atoms with Crippen LogP contribution in [-0.2, 0) is 42.4 Å². The first kappa shape index (κ1) is 27.7. The van der Waals surface area contributed by atoms with E-state index in [4.69, 9.17) is 19.8 Å². The van der Waals surface area contributed by atoms with Gasteiger partial charge in [0.25, 0.3) is 10.1 Å². The van der Waals surface area contributed by atoms with E-state index in [0.29, 0.717) is 0 Å². The highest BCUT2D eigenvalue weighted by Crippen LogP contribution is 2.09. The summed E-state index contributed by atoms with van der Waals surface area (Å²) < 4.78 is 39.8. The lowest BCUT2D eigenvalue weighted by molar-refractivity contribution is -0.148. The molecule has 0 fully saturated rings. The molecule has 0 aromatic heterocycles. The number of hydrogen-bond donors (Lipinski definition) is 2. The minimum atomic E-state index is -4.02. The maximum Gasteiger partial charge on any atom is 0.323 e. The van der Waals surface area contributed by atoms with Gasteiger partial charge in [-0.2, -0.15) is 8.42 Å². The number of rotatable bonds is 9. The maximum absolute atomic E-state index is 11.8. The molecule has 0 aliphatic carbocycles. The topological polar surface area (TPSA) is 133 Å². The highest BCUT2D eigenvalue weighted by atomic mass is 32.2. The van der Waals surface area contributed by atoms with Crippen LogP contribution in [0.2, 0.25) is 0 Å². The molecule has 3 aromatic carbocycles. The van der Waals surface area contributed by atoms with Crippen molar-refractivity contribution in [1.82, 2.24) is 0 Å². The zero-order chi connectivity index (χ0) is 25.7. The Kier molecular flexibility index (Phi) is 11.1. The summed E-state index contributed by atoms with van der Waals surface area (Å²) in [5.74, 6) is -0.903. The predicted molar refractivity (Wildman–Crippen MR) is 131 cm³/mol. The van der Waals surface area contributed by atoms with E-state index in [1.807, 2.05) is 67.6 Å². The molecule has 35 heavy (non-hydrogen) atoms. The molecule has 0 spiro atoms. The molecule has 0 aliphatic rings. The van der Waals surface area contributed by atoms with Crippen molar-refractivity contribution in [3.05, 3.63) is 102 Å². The number of esters is 2. The standard InChI is InChI=1S/C19H21NO4.C7H8O3S/c20-17(19(22)24-14-16-9-5-2-6-10-16)11-12-18(21)23-13-15-7-3-1-4-8-15;1-6-2-4-7(5-3-6)11(8,9)10/h1-10,17H,11-14,20H2;2-5H,1H3,(H,8,9,10)/t17-;/m0./s1/i11+1,12+1,17+1,18+1,19+1,20+1;. The first-order chi connectivity index (χ1) is 16.6. The van der Waals surface area contributed by atoms with Crippen LogP contribution in [0.1, 0.15) is 29.5 Å². The van der Waals surface area contributed by atoms with Crippen LogP contribution in [-0.4, -0.2) is 31.0 Å². The van der Waals surface area contributed by atoms with E-state index in [0.717, 1.165) is 16.7 Å². The van der Waals surface area contributed by atoms with Gasteiger partial charge in [-0.3, -0.25) is 14.1 Å². The Morgan fingerprint density at radius 1 is 0.829 bits per heavy atom. The van der Waals surface area contributed by atoms with E-state index in [-0.39, 0.29) is 36.9 Å². The number of ether oxygens (including phenoxy) is 2. The quantitative estimate of drug-likeness (QED) is 0.194. The molecule has 8 nitrogen and oxygen atoms in total. The van der Waals surface area contributed by atoms with E-state index >= 15 is 0 Å². The van der Waals surface area contributed by atoms with Crippen molar-refractivity contribution >= 4 is 22.1 Å². The lowest BCUT2D eigenvalue weighted by atomic mass is 10.2. The molecule has 3 N–H and O–H groups in total. The SMILES string of the molecule is Cc1ccc(S(=O)(=O)O)cc1.[15NH2][13C@@H]([13CH2][13CH2][13C](=O)OCc1ccccc1)[13C](=O)OCc1ccccc1. The smallest absolute Gasteiger partial charge is 0.323 e. The molecule has 0 radical (unpaired) electrons. The van der Waals surface area contributed by atoms with Crippen LogP contribution in [0.3, 0.4) is 0 Å². The van der Waals surface area contributed by atoms with Gasteiger partial charge in [-0.25, -0.2) is 0 Å². The second-order valence-corrected chi connectivity index (χ2v) is 9.09. The lowest BCUT2D eigenvalue weighted by Crippen LogP contribution is -2.32. The average molecular weight is 506 g/mol. The molecular weight excluding hydrogens is 476 g/mol. The molecule has 186 valence electrons. The van der Waals surface area contributed by atoms with E-state index in [9.17, 15) is 18.0 Å². The average Bonchev–Trinajstić information content (AvgIpc) is 2.86. The number of carbonyl (C=O) groups excluding carboxylic acids is 2. The summed E-state index contributed by atoms with van der Waals surface area (Å²) in [6, 6.07) is 23.9. The van der Waals surface area contributed by atoms with Gasteiger partial charge in [-0.05, 0) is 36.6 Å². The zero-order valence-electron chi connectivity index (χ0n) is 19.4. The van der Waals surface area contributed by atoms with Crippen LogP contribution in [0.4, 0.5) is 0 Å². The molecule has 0 amide bonds. The first-order valence-electron chi connectivity index (χ1n) is 10.8. The largest absolute Gasteiger partial charge is 0.461 e. The molecule has 3 aromatic rings. The fraction of sp³-hybridized carbons (Fsp3) is 0.231. The molecule has 0 unspecified atom stereocenters. The third-order valence-corrected chi connectivity index (χ3v) is 5.62. The monoisotopic (exact) mass is 505 g/mol. The summed E-state index contributed by atoms with van der Waals surface area (Å²) in [6.07, 6.45) is 0.273. The van der Waals surface area contributed by atoms with Crippen LogP contribution >= 0.6 is 0 Å². The van der Waals surface area contributed by atoms with Crippen LogP contribution in [0.5, 0.6) is 0 Å². The Labute approximate surface area is 205 Å². The number of nitrogens with two attached hydrogens (primary N) is 1. The van der Waals surface area contributed by atoms with E-state index < -0.39 is 22.1 Å². The van der Waals surface area contributed by atoms with Crippen LogP contribution in [0, 0.1) is 6.92 Å². The third-order valence-electron chi connectivity index (χ3n) is 4.75. The van der Waals surface area contributed by atoms with Crippen molar-refractivity contribution in [3.8, 4) is 0 Å². The highest BCUT2D eigenvalue weighted by Gasteiger charge is 2.17. The van der Waals surface area contributed by atoms with Crippen molar-refractivity contribution < 1.29 is 32.0 Å². The number of hydrogen-bond acceptors (Lipinski definition) is 7. The Hall–Kier alpha value is -3.53. The fourth-order valence-electron chi connectivity index (χ4n) is 2.75. The van der Waals surface area contributed by atoms with Crippen molar-refractivity contribution in [3.63, 3.8) is 0 Å². The summed E-state index contributed by atoms with van der Waals surface area (Å²) in [5, 5.41) is 0. The minimum absolute atomic E-state index is 0.0666. The second-order valence-electron chi connectivity index (χ2n) is 7.67. The molecule has 0 saturated heterocycles. The van der Waals surface area contributed by atoms with Crippen LogP contribution < -0.4 is 5.73 Å². The van der Waals surface area contributed by atoms with Crippen LogP contribution in [0.25, 0.3) is 0 Å². The summed E-state index contributed by atoms with van der Waals surface area (Å²) in [7, 11) is -4.02. The maximum atomic E-state index is 11.8. The van der Waals surface area contributed by atoms with Gasteiger partial charge in [-0.15, -0.1) is 0 Å². The molecule has 0 heterocycles. The lowest BCUT2D eigenvalue weighted by Gasteiger charge is -2.11. The molecule has 3 rings (SSSR count). The van der Waals surface area contributed by atoms with Gasteiger partial charge in [0.05, 0.1) is 4.90 Å². The van der Waals surface area contributed by atoms with E-state index in [1.54, 1.807) is 12.1 Å². The van der Waals surface area contributed by atoms with Crippen molar-refractivity contribution in [2.24, 2.45) is 5.73 Å². The molecule has 0 bridgehead atoms. The Morgan fingerprint density at radius 3 is 1.80 bits per heavy atom. The molecule has 0 saturated carbocycles. The van der Waals surface area contributed by atoms with Crippen molar-refractivity contribution in [2.45, 2.75) is 43.9 Å². The molecular formula is C26H29NO7S. The normalized spacial score (nSPS) is 11.5. The van der Waals surface area contributed by atoms with Gasteiger partial charge in [0.2, 0.25) is 0 Å². The van der Waals surface area contributed by atoms with Gasteiger partial charge in [-0.1, -0.05) is 78.4 Å². The van der Waals surface area contributed by atoms with Crippen molar-refractivity contribution in [1.29, 1.82) is 0 Å². The molecule has 0 aliphatic heterocycles. The third kappa shape index (κ3) is 11.0. The van der Waals surface area contributed by atoms with E-state index in [2.05, 4.69) is 0 Å². The van der Waals surface area contributed by atoms with Gasteiger partial charge >= 0.3 is 11.9 Å². The highest BCUT2D eigenvalue weighted by molar-refractivity contribution is 7.85. The molecule has 9 heteroatoms. The Bertz CT molecular complexity index is 1170. The van der Waals surface area contributed by atoms with Crippen molar-refractivity contribution in [2.75, 3.05) is 0 Å². The Balaban J connectivity index is 0.000000328. The zero-order valence-corrected chi connectivity index (χ0v) is 20.2. The van der Waals surface area contributed by atoms with Gasteiger partial charge < -0.3 is 15.2 Å². The Morgan fingerprint density at radius 2 is 1.31 bits per heavy atom. The van der Waals surface area contributed by atoms with E-state index in [1.165, 1.54) is 12.1 Å². The van der Waals surface area contributed by atoms with Crippen LogP contribution in [0.15, 0.2) is 89.8 Å². The van der Waals surface area contributed by atoms with Gasteiger partial charge in [0.1, 0.15) is 19.3 Å². The fourth-order valence-corrected chi connectivity index (χ4v) is 3.23. The predicted octanol–water partition coefficient (Wildman–Crippen LogP) is 3.82. The summed E-state index contributed by atoms with van der Waals surface area (Å²) >= 11 is 0. The van der Waals surface area contributed by atoms with Gasteiger partial charge in [0.15, 0.2) is 0 Å². The number of benzene rings is 3.